The molecule has 3 aromatic rings. The van der Waals surface area contributed by atoms with Crippen LogP contribution in [0.4, 0.5) is 0 Å². The molecule has 29 heavy (non-hydrogen) atoms. The van der Waals surface area contributed by atoms with Crippen molar-refractivity contribution in [2.45, 2.75) is 32.2 Å². The van der Waals surface area contributed by atoms with E-state index in [1.54, 1.807) is 24.5 Å². The van der Waals surface area contributed by atoms with Gasteiger partial charge in [-0.1, -0.05) is 12.1 Å². The van der Waals surface area contributed by atoms with Gasteiger partial charge in [-0.2, -0.15) is 0 Å². The standard InChI is InChI=1S/C22H25N5O2/c28-21(26-14-3-4-15-26)16-27-19-7-2-1-6-18(19)25-20(27)8-5-11-24-22(29)17-9-12-23-13-10-17/h1-2,6-7,9-10,12-13H,3-5,8,11,14-16H2,(H,24,29). The predicted molar refractivity (Wildman–Crippen MR) is 110 cm³/mol. The molecule has 150 valence electrons. The van der Waals surface area contributed by atoms with E-state index in [-0.39, 0.29) is 11.8 Å². The number of nitrogens with one attached hydrogen (secondary N) is 1. The Morgan fingerprint density at radius 1 is 1.03 bits per heavy atom. The van der Waals surface area contributed by atoms with Gasteiger partial charge in [0.25, 0.3) is 5.91 Å². The maximum atomic E-state index is 12.7. The first-order chi connectivity index (χ1) is 14.2. The molecule has 4 rings (SSSR count). The Labute approximate surface area is 169 Å². The van der Waals surface area contributed by atoms with Gasteiger partial charge < -0.3 is 14.8 Å². The van der Waals surface area contributed by atoms with Gasteiger partial charge in [-0.3, -0.25) is 14.6 Å². The molecule has 1 aromatic carbocycles. The van der Waals surface area contributed by atoms with Crippen LogP contribution in [0.25, 0.3) is 11.0 Å². The van der Waals surface area contributed by atoms with E-state index in [9.17, 15) is 9.59 Å². The number of hydrogen-bond donors (Lipinski definition) is 1. The second kappa shape index (κ2) is 8.86. The zero-order valence-corrected chi connectivity index (χ0v) is 16.4. The summed E-state index contributed by atoms with van der Waals surface area (Å²) in [5, 5.41) is 2.93. The summed E-state index contributed by atoms with van der Waals surface area (Å²) >= 11 is 0. The minimum absolute atomic E-state index is 0.106. The van der Waals surface area contributed by atoms with Gasteiger partial charge in [-0.15, -0.1) is 0 Å². The Morgan fingerprint density at radius 2 is 1.79 bits per heavy atom. The summed E-state index contributed by atoms with van der Waals surface area (Å²) in [5.74, 6) is 0.930. The number of pyridine rings is 1. The topological polar surface area (TPSA) is 80.1 Å². The number of para-hydroxylation sites is 2. The highest BCUT2D eigenvalue weighted by Gasteiger charge is 2.20. The average molecular weight is 391 g/mol. The molecule has 1 fully saturated rings. The van der Waals surface area contributed by atoms with Crippen molar-refractivity contribution in [3.05, 3.63) is 60.2 Å². The molecule has 2 aromatic heterocycles. The second-order valence-electron chi connectivity index (χ2n) is 7.29. The van der Waals surface area contributed by atoms with Crippen LogP contribution in [-0.2, 0) is 17.8 Å². The Hall–Kier alpha value is -3.22. The van der Waals surface area contributed by atoms with Crippen LogP contribution in [0.2, 0.25) is 0 Å². The summed E-state index contributed by atoms with van der Waals surface area (Å²) in [7, 11) is 0. The van der Waals surface area contributed by atoms with Crippen molar-refractivity contribution in [3.8, 4) is 0 Å². The Kier molecular flexibility index (Phi) is 5.84. The monoisotopic (exact) mass is 391 g/mol. The molecule has 3 heterocycles. The van der Waals surface area contributed by atoms with Crippen molar-refractivity contribution in [2.24, 2.45) is 0 Å². The SMILES string of the molecule is O=C(NCCCc1nc2ccccc2n1CC(=O)N1CCCC1)c1ccncc1. The van der Waals surface area contributed by atoms with Crippen molar-refractivity contribution in [3.63, 3.8) is 0 Å². The van der Waals surface area contributed by atoms with Crippen LogP contribution in [0.1, 0.15) is 35.4 Å². The fraction of sp³-hybridized carbons (Fsp3) is 0.364. The van der Waals surface area contributed by atoms with Gasteiger partial charge in [0.05, 0.1) is 11.0 Å². The Bertz CT molecular complexity index is 993. The van der Waals surface area contributed by atoms with Gasteiger partial charge >= 0.3 is 0 Å². The number of carbonyl (C=O) groups is 2. The molecule has 1 saturated heterocycles. The summed E-state index contributed by atoms with van der Waals surface area (Å²) < 4.78 is 2.03. The molecule has 0 aliphatic carbocycles. The number of aryl methyl sites for hydroxylation is 1. The van der Waals surface area contributed by atoms with Crippen molar-refractivity contribution in [1.29, 1.82) is 0 Å². The third kappa shape index (κ3) is 4.45. The number of carbonyl (C=O) groups excluding carboxylic acids is 2. The number of hydrogen-bond acceptors (Lipinski definition) is 4. The van der Waals surface area contributed by atoms with Gasteiger partial charge in [-0.05, 0) is 43.5 Å². The van der Waals surface area contributed by atoms with Crippen molar-refractivity contribution in [1.82, 2.24) is 24.8 Å². The molecule has 1 aliphatic heterocycles. The van der Waals surface area contributed by atoms with Crippen molar-refractivity contribution < 1.29 is 9.59 Å². The largest absolute Gasteiger partial charge is 0.352 e. The highest BCUT2D eigenvalue weighted by Crippen LogP contribution is 2.18. The highest BCUT2D eigenvalue weighted by molar-refractivity contribution is 5.93. The van der Waals surface area contributed by atoms with E-state index in [2.05, 4.69) is 10.3 Å². The molecule has 7 heteroatoms. The molecule has 0 unspecified atom stereocenters. The Morgan fingerprint density at radius 3 is 2.59 bits per heavy atom. The maximum absolute atomic E-state index is 12.7. The molecular formula is C22H25N5O2. The number of aromatic nitrogens is 3. The van der Waals surface area contributed by atoms with Crippen molar-refractivity contribution >= 4 is 22.8 Å². The molecule has 1 aliphatic rings. The summed E-state index contributed by atoms with van der Waals surface area (Å²) in [6.07, 6.45) is 6.82. The quantitative estimate of drug-likeness (QED) is 0.627. The summed E-state index contributed by atoms with van der Waals surface area (Å²) in [5.41, 5.74) is 2.48. The number of likely N-dealkylation sites (tertiary alicyclic amines) is 1. The second-order valence-corrected chi connectivity index (χ2v) is 7.29. The number of fused-ring (bicyclic) bond motifs is 1. The first-order valence-electron chi connectivity index (χ1n) is 10.1. The smallest absolute Gasteiger partial charge is 0.251 e. The number of rotatable bonds is 7. The van der Waals surface area contributed by atoms with Crippen LogP contribution in [0.5, 0.6) is 0 Å². The lowest BCUT2D eigenvalue weighted by atomic mass is 10.2. The van der Waals surface area contributed by atoms with Gasteiger partial charge in [-0.25, -0.2) is 4.98 Å². The van der Waals surface area contributed by atoms with E-state index in [4.69, 9.17) is 4.98 Å². The molecule has 7 nitrogen and oxygen atoms in total. The fourth-order valence-corrected chi connectivity index (χ4v) is 3.75. The van der Waals surface area contributed by atoms with Crippen LogP contribution in [-0.4, -0.2) is 50.9 Å². The molecule has 0 bridgehead atoms. The normalized spacial score (nSPS) is 13.7. The van der Waals surface area contributed by atoms with E-state index in [0.29, 0.717) is 25.1 Å². The lowest BCUT2D eigenvalue weighted by molar-refractivity contribution is -0.130. The predicted octanol–water partition coefficient (Wildman–Crippen LogP) is 2.42. The van der Waals surface area contributed by atoms with Gasteiger partial charge in [0.1, 0.15) is 12.4 Å². The van der Waals surface area contributed by atoms with E-state index < -0.39 is 0 Å². The number of amides is 2. The van der Waals surface area contributed by atoms with Crippen LogP contribution in [0.3, 0.4) is 0 Å². The fourth-order valence-electron chi connectivity index (χ4n) is 3.75. The summed E-state index contributed by atoms with van der Waals surface area (Å²) in [4.78, 5) is 35.4. The molecule has 0 radical (unpaired) electrons. The highest BCUT2D eigenvalue weighted by atomic mass is 16.2. The molecule has 0 saturated carbocycles. The lowest BCUT2D eigenvalue weighted by Crippen LogP contribution is -2.31. The Balaban J connectivity index is 1.41. The first kappa shape index (κ1) is 19.1. The average Bonchev–Trinajstić information content (AvgIpc) is 3.41. The minimum atomic E-state index is -0.106. The molecule has 0 spiro atoms. The van der Waals surface area contributed by atoms with Crippen molar-refractivity contribution in [2.75, 3.05) is 19.6 Å². The lowest BCUT2D eigenvalue weighted by Gasteiger charge is -2.17. The first-order valence-corrected chi connectivity index (χ1v) is 10.1. The van der Waals surface area contributed by atoms with Crippen LogP contribution in [0, 0.1) is 0 Å². The van der Waals surface area contributed by atoms with Gasteiger partial charge in [0.2, 0.25) is 5.91 Å². The van der Waals surface area contributed by atoms with Crippen LogP contribution < -0.4 is 5.32 Å². The van der Waals surface area contributed by atoms with Gasteiger partial charge in [0.15, 0.2) is 0 Å². The minimum Gasteiger partial charge on any atom is -0.352 e. The van der Waals surface area contributed by atoms with E-state index in [0.717, 1.165) is 49.2 Å². The van der Waals surface area contributed by atoms with Crippen LogP contribution >= 0.6 is 0 Å². The van der Waals surface area contributed by atoms with Gasteiger partial charge in [0, 0.05) is 44.0 Å². The molecule has 1 N–H and O–H groups in total. The molecule has 2 amide bonds. The summed E-state index contributed by atoms with van der Waals surface area (Å²) in [6, 6.07) is 11.3. The third-order valence-corrected chi connectivity index (χ3v) is 5.29. The maximum Gasteiger partial charge on any atom is 0.251 e. The third-order valence-electron chi connectivity index (χ3n) is 5.29. The summed E-state index contributed by atoms with van der Waals surface area (Å²) in [6.45, 7) is 2.56. The molecular weight excluding hydrogens is 366 g/mol. The number of nitrogens with zero attached hydrogens (tertiary/aromatic N) is 4. The van der Waals surface area contributed by atoms with Crippen LogP contribution in [0.15, 0.2) is 48.8 Å². The molecule has 0 atom stereocenters. The zero-order chi connectivity index (χ0) is 20.1. The number of imidazole rings is 1. The van der Waals surface area contributed by atoms with E-state index in [1.807, 2.05) is 33.7 Å². The van der Waals surface area contributed by atoms with E-state index >= 15 is 0 Å². The van der Waals surface area contributed by atoms with E-state index in [1.165, 1.54) is 0 Å². The zero-order valence-electron chi connectivity index (χ0n) is 16.4. The number of benzene rings is 1.